The fourth-order valence-electron chi connectivity index (χ4n) is 3.36. The zero-order chi connectivity index (χ0) is 16.1. The summed E-state index contributed by atoms with van der Waals surface area (Å²) in [6.07, 6.45) is 2.50. The summed E-state index contributed by atoms with van der Waals surface area (Å²) in [5, 5.41) is 0. The van der Waals surface area contributed by atoms with Crippen molar-refractivity contribution in [2.45, 2.75) is 24.5 Å². The molecule has 3 rings (SSSR count). The maximum Gasteiger partial charge on any atom is 0.108 e. The molecule has 1 radical (unpaired) electrons. The molecule has 0 saturated carbocycles. The van der Waals surface area contributed by atoms with Crippen LogP contribution >= 0.6 is 0 Å². The Hall–Kier alpha value is -1.90. The van der Waals surface area contributed by atoms with E-state index in [1.807, 2.05) is 0 Å². The monoisotopic (exact) mass is 319 g/mol. The molecule has 0 aliphatic carbocycles. The highest BCUT2D eigenvalue weighted by Gasteiger charge is 2.32. The van der Waals surface area contributed by atoms with E-state index in [9.17, 15) is 0 Å². The molecule has 1 aliphatic heterocycles. The molecule has 2 aromatic rings. The van der Waals surface area contributed by atoms with Crippen molar-refractivity contribution in [1.29, 1.82) is 0 Å². The molecule has 1 fully saturated rings. The first kappa shape index (κ1) is 16.0. The number of hydrogen-bond acceptors (Lipinski definition) is 1. The topological polar surface area (TPSA) is 9.23 Å². The van der Waals surface area contributed by atoms with Gasteiger partial charge in [0.1, 0.15) is 8.80 Å². The van der Waals surface area contributed by atoms with Crippen LogP contribution in [0.5, 0.6) is 0 Å². The summed E-state index contributed by atoms with van der Waals surface area (Å²) in [7, 11) is -0.793. The second kappa shape index (κ2) is 7.58. The molecule has 1 nitrogen and oxygen atoms in total. The highest BCUT2D eigenvalue weighted by Crippen LogP contribution is 2.41. The summed E-state index contributed by atoms with van der Waals surface area (Å²) in [5.41, 5.74) is 8.51. The molecule has 0 bridgehead atoms. The fraction of sp³-hybridized carbons (Fsp3) is 0.238. The highest BCUT2D eigenvalue weighted by atomic mass is 28.3. The molecule has 1 heterocycles. The van der Waals surface area contributed by atoms with Crippen LogP contribution in [-0.2, 0) is 4.74 Å². The van der Waals surface area contributed by atoms with Crippen molar-refractivity contribution in [1.82, 2.24) is 0 Å². The molecule has 117 valence electrons. The highest BCUT2D eigenvalue weighted by molar-refractivity contribution is 6.70. The predicted molar refractivity (Wildman–Crippen MR) is 99.7 cm³/mol. The molecule has 23 heavy (non-hydrogen) atoms. The van der Waals surface area contributed by atoms with Gasteiger partial charge in [-0.15, -0.1) is 13.2 Å². The Labute approximate surface area is 140 Å². The van der Waals surface area contributed by atoms with Crippen LogP contribution in [0.2, 0.25) is 5.54 Å². The Kier molecular flexibility index (Phi) is 5.26. The van der Waals surface area contributed by atoms with Gasteiger partial charge < -0.3 is 4.74 Å². The molecule has 0 aromatic heterocycles. The third kappa shape index (κ3) is 3.54. The van der Waals surface area contributed by atoms with E-state index in [1.165, 1.54) is 23.1 Å². The van der Waals surface area contributed by atoms with Gasteiger partial charge in [-0.05, 0) is 41.1 Å². The van der Waals surface area contributed by atoms with Crippen LogP contribution in [0, 0.1) is 0 Å². The van der Waals surface area contributed by atoms with E-state index < -0.39 is 8.80 Å². The van der Waals surface area contributed by atoms with E-state index in [1.54, 1.807) is 0 Å². The second-order valence-corrected chi connectivity index (χ2v) is 8.50. The van der Waals surface area contributed by atoms with Crippen LogP contribution in [0.25, 0.3) is 11.1 Å². The van der Waals surface area contributed by atoms with Gasteiger partial charge in [0, 0.05) is 6.61 Å². The van der Waals surface area contributed by atoms with Crippen LogP contribution in [0.3, 0.4) is 0 Å². The normalized spacial score (nSPS) is 21.1. The van der Waals surface area contributed by atoms with Crippen molar-refractivity contribution in [2.24, 2.45) is 0 Å². The lowest BCUT2D eigenvalue weighted by Crippen LogP contribution is -2.28. The van der Waals surface area contributed by atoms with Crippen molar-refractivity contribution in [2.75, 3.05) is 6.61 Å². The van der Waals surface area contributed by atoms with Gasteiger partial charge in [0.05, 0.1) is 6.10 Å². The Morgan fingerprint density at radius 2 is 1.70 bits per heavy atom. The third-order valence-corrected chi connectivity index (χ3v) is 6.93. The minimum Gasteiger partial charge on any atom is -0.374 e. The summed E-state index contributed by atoms with van der Waals surface area (Å²) in [6.45, 7) is 8.88. The van der Waals surface area contributed by atoms with Crippen LogP contribution in [0.4, 0.5) is 0 Å². The van der Waals surface area contributed by atoms with Crippen LogP contribution in [0.15, 0.2) is 79.2 Å². The molecule has 0 N–H and O–H groups in total. The second-order valence-electron chi connectivity index (χ2n) is 5.94. The molecule has 2 heteroatoms. The van der Waals surface area contributed by atoms with Crippen molar-refractivity contribution in [3.63, 3.8) is 0 Å². The first-order chi connectivity index (χ1) is 11.3. The number of hydrogen-bond donors (Lipinski definition) is 0. The van der Waals surface area contributed by atoms with Gasteiger partial charge in [-0.3, -0.25) is 0 Å². The van der Waals surface area contributed by atoms with E-state index >= 15 is 0 Å². The molecule has 2 unspecified atom stereocenters. The summed E-state index contributed by atoms with van der Waals surface area (Å²) < 4.78 is 6.18. The summed E-state index contributed by atoms with van der Waals surface area (Å²) >= 11 is 0. The van der Waals surface area contributed by atoms with E-state index in [4.69, 9.17) is 4.74 Å². The number of rotatable bonds is 5. The maximum absolute atomic E-state index is 6.18. The van der Waals surface area contributed by atoms with Crippen molar-refractivity contribution < 1.29 is 4.74 Å². The Balaban J connectivity index is 1.93. The summed E-state index contributed by atoms with van der Waals surface area (Å²) in [4.78, 5) is 0. The van der Waals surface area contributed by atoms with E-state index in [-0.39, 0.29) is 6.10 Å². The quantitative estimate of drug-likeness (QED) is 0.659. The molecule has 0 amide bonds. The van der Waals surface area contributed by atoms with Gasteiger partial charge in [-0.2, -0.15) is 0 Å². The average Bonchev–Trinajstić information content (AvgIpc) is 2.64. The van der Waals surface area contributed by atoms with Crippen molar-refractivity contribution >= 4 is 8.80 Å². The molecule has 1 aliphatic rings. The van der Waals surface area contributed by atoms with Crippen molar-refractivity contribution in [3.8, 4) is 11.1 Å². The lowest BCUT2D eigenvalue weighted by Gasteiger charge is -2.34. The van der Waals surface area contributed by atoms with Gasteiger partial charge in [0.2, 0.25) is 0 Å². The molecule has 1 saturated heterocycles. The minimum atomic E-state index is -0.793. The minimum absolute atomic E-state index is 0.164. The standard InChI is InChI=1S/C21H23OSi/c1-3-23(4-2)20-14-9-15-22-21(20)19-13-8-12-18(16-19)17-10-6-5-7-11-17/h3-8,10-13,16,20-21H,1-2,9,14-15H2. The number of benzene rings is 2. The van der Waals surface area contributed by atoms with E-state index in [0.717, 1.165) is 13.0 Å². The Bertz CT molecular complexity index is 657. The lowest BCUT2D eigenvalue weighted by molar-refractivity contribution is 0.0147. The summed E-state index contributed by atoms with van der Waals surface area (Å²) in [6, 6.07) is 19.3. The van der Waals surface area contributed by atoms with Crippen LogP contribution in [-0.4, -0.2) is 15.4 Å². The van der Waals surface area contributed by atoms with Crippen molar-refractivity contribution in [3.05, 3.63) is 84.7 Å². The van der Waals surface area contributed by atoms with Gasteiger partial charge in [0.25, 0.3) is 0 Å². The number of ether oxygens (including phenoxy) is 1. The molecule has 2 aromatic carbocycles. The zero-order valence-electron chi connectivity index (χ0n) is 13.4. The van der Waals surface area contributed by atoms with Gasteiger partial charge in [0.15, 0.2) is 0 Å². The first-order valence-electron chi connectivity index (χ1n) is 8.22. The largest absolute Gasteiger partial charge is 0.374 e. The van der Waals surface area contributed by atoms with Gasteiger partial charge in [-0.1, -0.05) is 59.9 Å². The third-order valence-electron chi connectivity index (χ3n) is 4.54. The maximum atomic E-state index is 6.18. The molecular formula is C21H23OSi. The zero-order valence-corrected chi connectivity index (χ0v) is 14.4. The SMILES string of the molecule is C=C[Si](C=C)C1CCCOC1c1cccc(-c2ccccc2)c1. The van der Waals surface area contributed by atoms with Crippen LogP contribution < -0.4 is 0 Å². The Morgan fingerprint density at radius 3 is 2.43 bits per heavy atom. The molecular weight excluding hydrogens is 296 g/mol. The lowest BCUT2D eigenvalue weighted by atomic mass is 9.96. The molecule has 0 spiro atoms. The van der Waals surface area contributed by atoms with E-state index in [2.05, 4.69) is 79.2 Å². The van der Waals surface area contributed by atoms with Gasteiger partial charge in [-0.25, -0.2) is 0 Å². The van der Waals surface area contributed by atoms with Gasteiger partial charge >= 0.3 is 0 Å². The fourth-order valence-corrected chi connectivity index (χ4v) is 5.31. The van der Waals surface area contributed by atoms with E-state index in [0.29, 0.717) is 5.54 Å². The predicted octanol–water partition coefficient (Wildman–Crippen LogP) is 5.52. The first-order valence-corrected chi connectivity index (χ1v) is 9.95. The van der Waals surface area contributed by atoms with Crippen LogP contribution in [0.1, 0.15) is 24.5 Å². The molecule has 2 atom stereocenters. The Morgan fingerprint density at radius 1 is 0.957 bits per heavy atom. The smallest absolute Gasteiger partial charge is 0.108 e. The summed E-state index contributed by atoms with van der Waals surface area (Å²) in [5.74, 6) is 0. The average molecular weight is 320 g/mol.